The Labute approximate surface area is 125 Å². The Morgan fingerprint density at radius 2 is 1.76 bits per heavy atom. The summed E-state index contributed by atoms with van der Waals surface area (Å²) >= 11 is 0. The number of rotatable bonds is 4. The van der Waals surface area contributed by atoms with Crippen molar-refractivity contribution >= 4 is 22.3 Å². The van der Waals surface area contributed by atoms with Gasteiger partial charge in [0.2, 0.25) is 0 Å². The van der Waals surface area contributed by atoms with Crippen LogP contribution in [0.4, 0.5) is 11.4 Å². The molecule has 0 atom stereocenters. The van der Waals surface area contributed by atoms with E-state index in [0.29, 0.717) is 0 Å². The van der Waals surface area contributed by atoms with E-state index in [4.69, 9.17) is 5.73 Å². The molecule has 2 N–H and O–H groups in total. The Hall–Kier alpha value is -2.55. The highest BCUT2D eigenvalue weighted by molar-refractivity contribution is 5.82. The number of pyridine rings is 1. The molecule has 0 fully saturated rings. The fraction of sp³-hybridized carbons (Fsp3) is 0.167. The molecule has 3 nitrogen and oxygen atoms in total. The summed E-state index contributed by atoms with van der Waals surface area (Å²) in [6.07, 6.45) is 1.88. The van der Waals surface area contributed by atoms with Crippen LogP contribution in [0.1, 0.15) is 12.5 Å². The van der Waals surface area contributed by atoms with Gasteiger partial charge < -0.3 is 10.6 Å². The van der Waals surface area contributed by atoms with Crippen LogP contribution < -0.4 is 10.6 Å². The maximum Gasteiger partial charge on any atom is 0.0705 e. The lowest BCUT2D eigenvalue weighted by Crippen LogP contribution is -2.22. The van der Waals surface area contributed by atoms with E-state index in [-0.39, 0.29) is 0 Å². The summed E-state index contributed by atoms with van der Waals surface area (Å²) in [5, 5.41) is 1.22. The van der Waals surface area contributed by atoms with E-state index in [2.05, 4.69) is 53.2 Å². The van der Waals surface area contributed by atoms with E-state index in [1.54, 1.807) is 0 Å². The van der Waals surface area contributed by atoms with Gasteiger partial charge in [-0.05, 0) is 48.9 Å². The number of hydrogen-bond acceptors (Lipinski definition) is 3. The molecule has 0 aliphatic rings. The monoisotopic (exact) mass is 277 g/mol. The van der Waals surface area contributed by atoms with Crippen molar-refractivity contribution in [2.45, 2.75) is 13.5 Å². The van der Waals surface area contributed by atoms with Crippen molar-refractivity contribution < 1.29 is 0 Å². The van der Waals surface area contributed by atoms with Crippen molar-refractivity contribution in [2.75, 3.05) is 17.2 Å². The highest BCUT2D eigenvalue weighted by atomic mass is 15.1. The van der Waals surface area contributed by atoms with Crippen LogP contribution in [0.3, 0.4) is 0 Å². The molecule has 0 bridgehead atoms. The first-order valence-corrected chi connectivity index (χ1v) is 7.21. The van der Waals surface area contributed by atoms with Crippen LogP contribution in [0.25, 0.3) is 10.9 Å². The molecule has 0 aliphatic heterocycles. The van der Waals surface area contributed by atoms with Gasteiger partial charge in [0, 0.05) is 36.0 Å². The molecule has 0 saturated heterocycles. The molecule has 0 amide bonds. The normalized spacial score (nSPS) is 10.7. The minimum Gasteiger partial charge on any atom is -0.399 e. The van der Waals surface area contributed by atoms with Crippen LogP contribution in [0.15, 0.2) is 60.8 Å². The lowest BCUT2D eigenvalue weighted by atomic mass is 10.1. The second-order valence-electron chi connectivity index (χ2n) is 5.09. The third-order valence-corrected chi connectivity index (χ3v) is 3.74. The fourth-order valence-corrected chi connectivity index (χ4v) is 2.57. The predicted octanol–water partition coefficient (Wildman–Crippen LogP) is 3.84. The average molecular weight is 277 g/mol. The summed E-state index contributed by atoms with van der Waals surface area (Å²) < 4.78 is 0. The zero-order valence-corrected chi connectivity index (χ0v) is 12.2. The number of anilines is 2. The molecule has 0 saturated carbocycles. The number of nitrogen functional groups attached to an aromatic ring is 1. The van der Waals surface area contributed by atoms with Gasteiger partial charge in [-0.25, -0.2) is 0 Å². The molecule has 0 unspecified atom stereocenters. The van der Waals surface area contributed by atoms with E-state index in [1.807, 2.05) is 24.4 Å². The summed E-state index contributed by atoms with van der Waals surface area (Å²) in [5.74, 6) is 0. The zero-order valence-electron chi connectivity index (χ0n) is 12.2. The number of fused-ring (bicyclic) bond motifs is 1. The molecule has 2 aromatic carbocycles. The quantitative estimate of drug-likeness (QED) is 0.737. The first kappa shape index (κ1) is 13.4. The van der Waals surface area contributed by atoms with Gasteiger partial charge in [0.15, 0.2) is 0 Å². The standard InChI is InChI=1S/C18H19N3/c1-2-21(16-9-7-15(19)8-10-16)13-14-11-12-20-18-6-4-3-5-17(14)18/h3-12H,2,13,19H2,1H3. The summed E-state index contributed by atoms with van der Waals surface area (Å²) in [5.41, 5.74) is 10.1. The second kappa shape index (κ2) is 5.83. The third kappa shape index (κ3) is 2.82. The zero-order chi connectivity index (χ0) is 14.7. The topological polar surface area (TPSA) is 42.2 Å². The lowest BCUT2D eigenvalue weighted by Gasteiger charge is -2.24. The molecule has 21 heavy (non-hydrogen) atoms. The molecular weight excluding hydrogens is 258 g/mol. The van der Waals surface area contributed by atoms with Crippen LogP contribution in [-0.4, -0.2) is 11.5 Å². The van der Waals surface area contributed by atoms with Gasteiger partial charge in [0.25, 0.3) is 0 Å². The summed E-state index contributed by atoms with van der Waals surface area (Å²) in [6, 6.07) is 18.4. The minimum atomic E-state index is 0.796. The Kier molecular flexibility index (Phi) is 3.73. The van der Waals surface area contributed by atoms with Crippen molar-refractivity contribution in [3.05, 3.63) is 66.4 Å². The molecule has 3 heteroatoms. The molecule has 106 valence electrons. The highest BCUT2D eigenvalue weighted by Crippen LogP contribution is 2.22. The van der Waals surface area contributed by atoms with Gasteiger partial charge in [0.1, 0.15) is 0 Å². The maximum absolute atomic E-state index is 5.77. The van der Waals surface area contributed by atoms with Crippen LogP contribution in [0.2, 0.25) is 0 Å². The Balaban J connectivity index is 1.94. The summed E-state index contributed by atoms with van der Waals surface area (Å²) in [4.78, 5) is 6.76. The summed E-state index contributed by atoms with van der Waals surface area (Å²) in [7, 11) is 0. The fourth-order valence-electron chi connectivity index (χ4n) is 2.57. The maximum atomic E-state index is 5.77. The number of para-hydroxylation sites is 1. The molecule has 0 spiro atoms. The van der Waals surface area contributed by atoms with Crippen molar-refractivity contribution in [2.24, 2.45) is 0 Å². The predicted molar refractivity (Wildman–Crippen MR) is 89.3 cm³/mol. The molecule has 3 rings (SSSR count). The van der Waals surface area contributed by atoms with Crippen molar-refractivity contribution in [3.63, 3.8) is 0 Å². The van der Waals surface area contributed by atoms with Crippen LogP contribution in [-0.2, 0) is 6.54 Å². The molecule has 1 heterocycles. The van der Waals surface area contributed by atoms with Gasteiger partial charge in [-0.2, -0.15) is 0 Å². The van der Waals surface area contributed by atoms with Gasteiger partial charge in [-0.15, -0.1) is 0 Å². The van der Waals surface area contributed by atoms with E-state index in [1.165, 1.54) is 16.6 Å². The molecule has 0 radical (unpaired) electrons. The van der Waals surface area contributed by atoms with Crippen LogP contribution >= 0.6 is 0 Å². The van der Waals surface area contributed by atoms with Gasteiger partial charge in [0.05, 0.1) is 5.52 Å². The molecule has 3 aromatic rings. The van der Waals surface area contributed by atoms with Crippen molar-refractivity contribution in [1.82, 2.24) is 4.98 Å². The van der Waals surface area contributed by atoms with E-state index >= 15 is 0 Å². The van der Waals surface area contributed by atoms with Gasteiger partial charge in [-0.3, -0.25) is 4.98 Å². The number of aromatic nitrogens is 1. The Bertz CT molecular complexity index is 730. The Morgan fingerprint density at radius 1 is 1.00 bits per heavy atom. The highest BCUT2D eigenvalue weighted by Gasteiger charge is 2.08. The first-order chi connectivity index (χ1) is 10.3. The number of nitrogens with zero attached hydrogens (tertiary/aromatic N) is 2. The van der Waals surface area contributed by atoms with Crippen LogP contribution in [0.5, 0.6) is 0 Å². The number of nitrogens with two attached hydrogens (primary N) is 1. The SMILES string of the molecule is CCN(Cc1ccnc2ccccc12)c1ccc(N)cc1. The first-order valence-electron chi connectivity index (χ1n) is 7.21. The minimum absolute atomic E-state index is 0.796. The number of benzene rings is 2. The van der Waals surface area contributed by atoms with Crippen LogP contribution in [0, 0.1) is 0 Å². The molecule has 1 aromatic heterocycles. The molecular formula is C18H19N3. The third-order valence-electron chi connectivity index (χ3n) is 3.74. The summed E-state index contributed by atoms with van der Waals surface area (Å²) in [6.45, 7) is 3.98. The van der Waals surface area contributed by atoms with E-state index in [0.717, 1.165) is 24.3 Å². The average Bonchev–Trinajstić information content (AvgIpc) is 2.54. The van der Waals surface area contributed by atoms with E-state index < -0.39 is 0 Å². The van der Waals surface area contributed by atoms with Crippen molar-refractivity contribution in [3.8, 4) is 0 Å². The largest absolute Gasteiger partial charge is 0.399 e. The van der Waals surface area contributed by atoms with Gasteiger partial charge in [-0.1, -0.05) is 18.2 Å². The Morgan fingerprint density at radius 3 is 2.52 bits per heavy atom. The van der Waals surface area contributed by atoms with Crippen molar-refractivity contribution in [1.29, 1.82) is 0 Å². The lowest BCUT2D eigenvalue weighted by molar-refractivity contribution is 0.836. The molecule has 0 aliphatic carbocycles. The smallest absolute Gasteiger partial charge is 0.0705 e. The number of hydrogen-bond donors (Lipinski definition) is 1. The second-order valence-corrected chi connectivity index (χ2v) is 5.09. The van der Waals surface area contributed by atoms with Gasteiger partial charge >= 0.3 is 0 Å². The van der Waals surface area contributed by atoms with E-state index in [9.17, 15) is 0 Å².